The minimum atomic E-state index is -0.839. The van der Waals surface area contributed by atoms with Crippen LogP contribution < -0.4 is 11.2 Å². The fourth-order valence-corrected chi connectivity index (χ4v) is 5.61. The molecular formula is C22H25BBrNO2S. The summed E-state index contributed by atoms with van der Waals surface area (Å²) in [6, 6.07) is 8.69. The number of thiol groups is 1. The Labute approximate surface area is 181 Å². The van der Waals surface area contributed by atoms with Crippen LogP contribution in [-0.4, -0.2) is 18.3 Å². The van der Waals surface area contributed by atoms with E-state index < -0.39 is 12.0 Å². The quantitative estimate of drug-likeness (QED) is 0.377. The van der Waals surface area contributed by atoms with Crippen LogP contribution in [0.5, 0.6) is 0 Å². The van der Waals surface area contributed by atoms with Crippen LogP contribution in [0, 0.1) is 0 Å². The lowest BCUT2D eigenvalue weighted by Gasteiger charge is -2.32. The molecular weight excluding hydrogens is 433 g/mol. The number of hydrogen-bond donors (Lipinski definition) is 2. The normalized spacial score (nSPS) is 27.4. The second-order valence-electron chi connectivity index (χ2n) is 9.85. The maximum atomic E-state index is 6.79. The molecule has 3 aliphatic rings. The topological polar surface area (TPSA) is 44.5 Å². The van der Waals surface area contributed by atoms with Gasteiger partial charge in [0.2, 0.25) is 0 Å². The SMILES string of the molecule is CC1(C)c2cc(Br)cc3c2-c2c1cc(B1OC(C)(C)C(C)(C)O1)cc2C3(N)S. The molecule has 0 amide bonds. The Morgan fingerprint density at radius 1 is 0.821 bits per heavy atom. The summed E-state index contributed by atoms with van der Waals surface area (Å²) in [6.07, 6.45) is 0. The molecule has 2 aliphatic carbocycles. The molecule has 1 atom stereocenters. The standard InChI is InChI=1S/C22H25BBrNO2S/c1-19(2)13-7-11(23-26-20(3,4)21(5,6)27-23)8-15-17(13)18-14(19)9-12(24)10-16(18)22(15,25)28/h7-10,28H,25H2,1-6H3. The smallest absolute Gasteiger partial charge is 0.399 e. The summed E-state index contributed by atoms with van der Waals surface area (Å²) in [6.45, 7) is 12.9. The third kappa shape index (κ3) is 2.19. The Hall–Kier alpha value is -0.785. The molecule has 0 aromatic heterocycles. The summed E-state index contributed by atoms with van der Waals surface area (Å²) < 4.78 is 13.7. The lowest BCUT2D eigenvalue weighted by molar-refractivity contribution is 0.00578. The van der Waals surface area contributed by atoms with E-state index in [0.717, 1.165) is 21.1 Å². The van der Waals surface area contributed by atoms with Crippen molar-refractivity contribution in [3.63, 3.8) is 0 Å². The first-order valence-electron chi connectivity index (χ1n) is 9.68. The minimum Gasteiger partial charge on any atom is -0.399 e. The monoisotopic (exact) mass is 457 g/mol. The average molecular weight is 458 g/mol. The molecule has 1 aliphatic heterocycles. The van der Waals surface area contributed by atoms with Crippen molar-refractivity contribution in [1.29, 1.82) is 0 Å². The number of benzene rings is 2. The molecule has 0 saturated carbocycles. The van der Waals surface area contributed by atoms with E-state index in [0.29, 0.717) is 0 Å². The molecule has 1 heterocycles. The van der Waals surface area contributed by atoms with E-state index in [-0.39, 0.29) is 16.6 Å². The predicted octanol–water partition coefficient (Wildman–Crippen LogP) is 4.46. The molecule has 2 aromatic carbocycles. The third-order valence-electron chi connectivity index (χ3n) is 7.21. The van der Waals surface area contributed by atoms with Gasteiger partial charge in [0.1, 0.15) is 4.87 Å². The van der Waals surface area contributed by atoms with Gasteiger partial charge in [0.15, 0.2) is 0 Å². The van der Waals surface area contributed by atoms with Gasteiger partial charge in [0.05, 0.1) is 11.2 Å². The second kappa shape index (κ2) is 5.27. The van der Waals surface area contributed by atoms with Gasteiger partial charge in [-0.15, -0.1) is 12.6 Å². The van der Waals surface area contributed by atoms with Gasteiger partial charge in [-0.1, -0.05) is 41.9 Å². The minimum absolute atomic E-state index is 0.123. The Morgan fingerprint density at radius 2 is 1.25 bits per heavy atom. The fraction of sp³-hybridized carbons (Fsp3) is 0.455. The van der Waals surface area contributed by atoms with E-state index in [2.05, 4.69) is 81.7 Å². The van der Waals surface area contributed by atoms with Gasteiger partial charge in [0, 0.05) is 9.89 Å². The summed E-state index contributed by atoms with van der Waals surface area (Å²) in [5, 5.41) is 0. The van der Waals surface area contributed by atoms with E-state index >= 15 is 0 Å². The van der Waals surface area contributed by atoms with Gasteiger partial charge in [0.25, 0.3) is 0 Å². The van der Waals surface area contributed by atoms with Crippen LogP contribution in [0.1, 0.15) is 63.8 Å². The first-order chi connectivity index (χ1) is 12.8. The van der Waals surface area contributed by atoms with Gasteiger partial charge in [-0.05, 0) is 78.7 Å². The van der Waals surface area contributed by atoms with E-state index in [1.165, 1.54) is 22.3 Å². The number of nitrogens with two attached hydrogens (primary N) is 1. The van der Waals surface area contributed by atoms with Crippen LogP contribution in [0.4, 0.5) is 0 Å². The summed E-state index contributed by atoms with van der Waals surface area (Å²) in [5.74, 6) is 0. The highest BCUT2D eigenvalue weighted by molar-refractivity contribution is 9.10. The van der Waals surface area contributed by atoms with Gasteiger partial charge in [-0.2, -0.15) is 0 Å². The van der Waals surface area contributed by atoms with Crippen molar-refractivity contribution in [2.24, 2.45) is 5.73 Å². The number of halogens is 1. The lowest BCUT2D eigenvalue weighted by atomic mass is 9.72. The molecule has 0 spiro atoms. The largest absolute Gasteiger partial charge is 0.494 e. The highest BCUT2D eigenvalue weighted by Gasteiger charge is 2.54. The Morgan fingerprint density at radius 3 is 1.82 bits per heavy atom. The van der Waals surface area contributed by atoms with Crippen molar-refractivity contribution in [1.82, 2.24) is 0 Å². The Kier molecular flexibility index (Phi) is 3.62. The second-order valence-corrected chi connectivity index (χ2v) is 11.5. The Balaban J connectivity index is 1.75. The molecule has 2 aromatic rings. The first kappa shape index (κ1) is 19.2. The lowest BCUT2D eigenvalue weighted by Crippen LogP contribution is -2.41. The van der Waals surface area contributed by atoms with Crippen molar-refractivity contribution >= 4 is 41.1 Å². The zero-order chi connectivity index (χ0) is 20.4. The van der Waals surface area contributed by atoms with E-state index in [1.54, 1.807) is 0 Å². The van der Waals surface area contributed by atoms with Crippen LogP contribution in [0.15, 0.2) is 28.7 Å². The Bertz CT molecular complexity index is 986. The van der Waals surface area contributed by atoms with Gasteiger partial charge >= 0.3 is 7.12 Å². The molecule has 1 saturated heterocycles. The molecule has 0 radical (unpaired) electrons. The molecule has 5 rings (SSSR count). The first-order valence-corrected chi connectivity index (χ1v) is 10.9. The van der Waals surface area contributed by atoms with Crippen LogP contribution >= 0.6 is 28.6 Å². The third-order valence-corrected chi connectivity index (χ3v) is 8.15. The average Bonchev–Trinajstić information content (AvgIpc) is 3.03. The van der Waals surface area contributed by atoms with Crippen molar-refractivity contribution in [3.8, 4) is 11.1 Å². The maximum absolute atomic E-state index is 6.79. The van der Waals surface area contributed by atoms with E-state index in [4.69, 9.17) is 27.7 Å². The van der Waals surface area contributed by atoms with E-state index in [9.17, 15) is 0 Å². The van der Waals surface area contributed by atoms with Crippen molar-refractivity contribution in [3.05, 3.63) is 51.0 Å². The van der Waals surface area contributed by atoms with Gasteiger partial charge < -0.3 is 15.0 Å². The van der Waals surface area contributed by atoms with Crippen LogP contribution in [-0.2, 0) is 19.6 Å². The molecule has 1 unspecified atom stereocenters. The van der Waals surface area contributed by atoms with Crippen LogP contribution in [0.2, 0.25) is 0 Å². The molecule has 6 heteroatoms. The number of hydrogen-bond acceptors (Lipinski definition) is 4. The van der Waals surface area contributed by atoms with Crippen LogP contribution in [0.3, 0.4) is 0 Å². The molecule has 3 nitrogen and oxygen atoms in total. The predicted molar refractivity (Wildman–Crippen MR) is 121 cm³/mol. The van der Waals surface area contributed by atoms with Gasteiger partial charge in [-0.25, -0.2) is 0 Å². The highest BCUT2D eigenvalue weighted by atomic mass is 79.9. The van der Waals surface area contributed by atoms with Crippen molar-refractivity contribution in [2.45, 2.75) is 63.0 Å². The summed E-state index contributed by atoms with van der Waals surface area (Å²) in [4.78, 5) is -0.839. The van der Waals surface area contributed by atoms with Crippen LogP contribution in [0.25, 0.3) is 11.1 Å². The summed E-state index contributed by atoms with van der Waals surface area (Å²) in [5.41, 5.74) is 14.1. The molecule has 146 valence electrons. The van der Waals surface area contributed by atoms with Crippen molar-refractivity contribution < 1.29 is 9.31 Å². The fourth-order valence-electron chi connectivity index (χ4n) is 4.80. The molecule has 1 fully saturated rings. The molecule has 2 N–H and O–H groups in total. The molecule has 28 heavy (non-hydrogen) atoms. The summed E-state index contributed by atoms with van der Waals surface area (Å²) in [7, 11) is -0.419. The summed E-state index contributed by atoms with van der Waals surface area (Å²) >= 11 is 8.59. The zero-order valence-electron chi connectivity index (χ0n) is 17.1. The van der Waals surface area contributed by atoms with E-state index in [1.807, 2.05) is 0 Å². The number of rotatable bonds is 1. The van der Waals surface area contributed by atoms with Gasteiger partial charge in [-0.3, -0.25) is 0 Å². The van der Waals surface area contributed by atoms with Crippen molar-refractivity contribution in [2.75, 3.05) is 0 Å². The molecule has 0 bridgehead atoms. The highest BCUT2D eigenvalue weighted by Crippen LogP contribution is 2.60. The maximum Gasteiger partial charge on any atom is 0.494 e. The zero-order valence-corrected chi connectivity index (χ0v) is 19.6.